The van der Waals surface area contributed by atoms with Crippen LogP contribution >= 0.6 is 23.2 Å². The molecule has 1 aromatic carbocycles. The Labute approximate surface area is 116 Å². The van der Waals surface area contributed by atoms with E-state index in [9.17, 15) is 9.90 Å². The van der Waals surface area contributed by atoms with Gasteiger partial charge >= 0.3 is 5.97 Å². The van der Waals surface area contributed by atoms with E-state index in [4.69, 9.17) is 23.2 Å². The van der Waals surface area contributed by atoms with Crippen molar-refractivity contribution in [3.05, 3.63) is 33.8 Å². The minimum atomic E-state index is -0.952. The minimum absolute atomic E-state index is 0.429. The molecule has 0 aliphatic carbocycles. The number of carbonyl (C=O) groups is 1. The molecule has 0 heterocycles. The van der Waals surface area contributed by atoms with Crippen molar-refractivity contribution in [2.24, 2.45) is 0 Å². The maximum atomic E-state index is 11.2. The predicted octanol–water partition coefficient (Wildman–Crippen LogP) is 2.27. The van der Waals surface area contributed by atoms with Gasteiger partial charge in [-0.1, -0.05) is 23.2 Å². The number of rotatable bonds is 6. The highest BCUT2D eigenvalue weighted by Gasteiger charge is 2.19. The lowest BCUT2D eigenvalue weighted by Crippen LogP contribution is -2.33. The van der Waals surface area contributed by atoms with Gasteiger partial charge in [0.2, 0.25) is 0 Å². The number of benzene rings is 1. The number of carboxylic acids is 1. The first-order valence-electron chi connectivity index (χ1n) is 5.47. The summed E-state index contributed by atoms with van der Waals surface area (Å²) < 4.78 is 0. The van der Waals surface area contributed by atoms with Crippen molar-refractivity contribution >= 4 is 29.2 Å². The zero-order valence-corrected chi connectivity index (χ0v) is 11.8. The number of aliphatic carboxylic acids is 1. The summed E-state index contributed by atoms with van der Waals surface area (Å²) in [6.07, 6.45) is 0. The first-order valence-corrected chi connectivity index (χ1v) is 6.22. The summed E-state index contributed by atoms with van der Waals surface area (Å²) in [6, 6.07) is 3.98. The number of hydrogen-bond acceptors (Lipinski definition) is 3. The van der Waals surface area contributed by atoms with Gasteiger partial charge in [-0.05, 0) is 37.9 Å². The number of carboxylic acid groups (broad SMARTS) is 1. The highest BCUT2D eigenvalue weighted by Crippen LogP contribution is 2.23. The maximum absolute atomic E-state index is 11.2. The molecule has 0 spiro atoms. The van der Waals surface area contributed by atoms with Crippen LogP contribution in [0.3, 0.4) is 0 Å². The van der Waals surface area contributed by atoms with Crippen molar-refractivity contribution in [2.45, 2.75) is 6.04 Å². The van der Waals surface area contributed by atoms with Crippen molar-refractivity contribution in [2.75, 3.05) is 27.2 Å². The summed E-state index contributed by atoms with van der Waals surface area (Å²) >= 11 is 11.7. The van der Waals surface area contributed by atoms with E-state index >= 15 is 0 Å². The van der Waals surface area contributed by atoms with Crippen LogP contribution in [-0.4, -0.2) is 43.2 Å². The van der Waals surface area contributed by atoms with E-state index in [1.807, 2.05) is 19.0 Å². The molecule has 0 bridgehead atoms. The summed E-state index contributed by atoms with van der Waals surface area (Å²) in [6.45, 7) is 1.31. The summed E-state index contributed by atoms with van der Waals surface area (Å²) in [5.74, 6) is -0.952. The van der Waals surface area contributed by atoms with Crippen molar-refractivity contribution in [1.29, 1.82) is 0 Å². The molecular formula is C12H16Cl2N2O2. The van der Waals surface area contributed by atoms with Gasteiger partial charge < -0.3 is 10.0 Å². The van der Waals surface area contributed by atoms with Crippen LogP contribution in [0.5, 0.6) is 0 Å². The van der Waals surface area contributed by atoms with E-state index in [1.54, 1.807) is 18.2 Å². The molecular weight excluding hydrogens is 275 g/mol. The molecule has 0 amide bonds. The second-order valence-electron chi connectivity index (χ2n) is 4.23. The average molecular weight is 291 g/mol. The first kappa shape index (κ1) is 15.2. The number of nitrogens with one attached hydrogen (secondary N) is 1. The molecule has 0 aromatic heterocycles. The lowest BCUT2D eigenvalue weighted by molar-refractivity contribution is -0.139. The second-order valence-corrected chi connectivity index (χ2v) is 5.10. The summed E-state index contributed by atoms with van der Waals surface area (Å²) in [5, 5.41) is 13.0. The van der Waals surface area contributed by atoms with Crippen LogP contribution in [0.25, 0.3) is 0 Å². The zero-order chi connectivity index (χ0) is 13.7. The van der Waals surface area contributed by atoms with Crippen LogP contribution in [-0.2, 0) is 4.79 Å². The maximum Gasteiger partial charge on any atom is 0.325 e. The van der Waals surface area contributed by atoms with E-state index < -0.39 is 12.0 Å². The van der Waals surface area contributed by atoms with Crippen molar-refractivity contribution in [3.63, 3.8) is 0 Å². The average Bonchev–Trinajstić information content (AvgIpc) is 2.21. The largest absolute Gasteiger partial charge is 0.480 e. The molecule has 1 atom stereocenters. The van der Waals surface area contributed by atoms with Crippen LogP contribution in [0, 0.1) is 0 Å². The van der Waals surface area contributed by atoms with Gasteiger partial charge in [-0.3, -0.25) is 10.1 Å². The molecule has 18 heavy (non-hydrogen) atoms. The molecule has 0 aliphatic rings. The minimum Gasteiger partial charge on any atom is -0.480 e. The lowest BCUT2D eigenvalue weighted by atomic mass is 10.1. The number of hydrogen-bond donors (Lipinski definition) is 2. The van der Waals surface area contributed by atoms with Gasteiger partial charge in [0, 0.05) is 23.1 Å². The Bertz CT molecular complexity index is 404. The molecule has 1 unspecified atom stereocenters. The first-order chi connectivity index (χ1) is 8.40. The van der Waals surface area contributed by atoms with Gasteiger partial charge in [-0.15, -0.1) is 0 Å². The van der Waals surface area contributed by atoms with E-state index in [0.717, 1.165) is 6.54 Å². The van der Waals surface area contributed by atoms with Gasteiger partial charge in [0.15, 0.2) is 0 Å². The van der Waals surface area contributed by atoms with Gasteiger partial charge in [-0.25, -0.2) is 0 Å². The zero-order valence-electron chi connectivity index (χ0n) is 10.3. The summed E-state index contributed by atoms with van der Waals surface area (Å²) in [7, 11) is 3.85. The topological polar surface area (TPSA) is 52.6 Å². The van der Waals surface area contributed by atoms with E-state index in [0.29, 0.717) is 22.2 Å². The quantitative estimate of drug-likeness (QED) is 0.844. The molecule has 0 fully saturated rings. The SMILES string of the molecule is CN(C)CCNC(C(=O)O)c1cc(Cl)cc(Cl)c1. The standard InChI is InChI=1S/C12H16Cl2N2O2/c1-16(2)4-3-15-11(12(17)18)8-5-9(13)7-10(14)6-8/h5-7,11,15H,3-4H2,1-2H3,(H,17,18). The molecule has 0 radical (unpaired) electrons. The number of halogens is 2. The summed E-state index contributed by atoms with van der Waals surface area (Å²) in [5.41, 5.74) is 0.554. The van der Waals surface area contributed by atoms with Gasteiger partial charge in [0.25, 0.3) is 0 Å². The van der Waals surface area contributed by atoms with Crippen LogP contribution in [0.2, 0.25) is 10.0 Å². The Morgan fingerprint density at radius 3 is 2.33 bits per heavy atom. The fourth-order valence-corrected chi connectivity index (χ4v) is 2.06. The monoisotopic (exact) mass is 290 g/mol. The smallest absolute Gasteiger partial charge is 0.325 e. The fraction of sp³-hybridized carbons (Fsp3) is 0.417. The van der Waals surface area contributed by atoms with Gasteiger partial charge in [-0.2, -0.15) is 0 Å². The van der Waals surface area contributed by atoms with Gasteiger partial charge in [0.1, 0.15) is 6.04 Å². The van der Waals surface area contributed by atoms with E-state index in [1.165, 1.54) is 0 Å². The molecule has 2 N–H and O–H groups in total. The Kier molecular flexibility index (Phi) is 5.88. The highest BCUT2D eigenvalue weighted by atomic mass is 35.5. The molecule has 1 rings (SSSR count). The highest BCUT2D eigenvalue weighted by molar-refractivity contribution is 6.34. The summed E-state index contributed by atoms with van der Waals surface area (Å²) in [4.78, 5) is 13.2. The van der Waals surface area contributed by atoms with Crippen LogP contribution in [0.1, 0.15) is 11.6 Å². The van der Waals surface area contributed by atoms with E-state index in [-0.39, 0.29) is 0 Å². The number of likely N-dealkylation sites (N-methyl/N-ethyl adjacent to an activating group) is 1. The fourth-order valence-electron chi connectivity index (χ4n) is 1.52. The Morgan fingerprint density at radius 1 is 1.33 bits per heavy atom. The second kappa shape index (κ2) is 6.95. The predicted molar refractivity (Wildman–Crippen MR) is 73.4 cm³/mol. The van der Waals surface area contributed by atoms with Crippen molar-refractivity contribution in [3.8, 4) is 0 Å². The molecule has 0 aliphatic heterocycles. The molecule has 6 heteroatoms. The molecule has 0 saturated heterocycles. The normalized spacial score (nSPS) is 12.7. The Hall–Kier alpha value is -0.810. The molecule has 0 saturated carbocycles. The van der Waals surface area contributed by atoms with Crippen molar-refractivity contribution < 1.29 is 9.90 Å². The Balaban J connectivity index is 2.80. The third-order valence-corrected chi connectivity index (χ3v) is 2.81. The Morgan fingerprint density at radius 2 is 1.89 bits per heavy atom. The van der Waals surface area contributed by atoms with E-state index in [2.05, 4.69) is 5.32 Å². The molecule has 100 valence electrons. The van der Waals surface area contributed by atoms with Gasteiger partial charge in [0.05, 0.1) is 0 Å². The van der Waals surface area contributed by atoms with Crippen molar-refractivity contribution in [1.82, 2.24) is 10.2 Å². The third-order valence-electron chi connectivity index (χ3n) is 2.37. The lowest BCUT2D eigenvalue weighted by Gasteiger charge is -2.17. The third kappa shape index (κ3) is 4.82. The van der Waals surface area contributed by atoms with Crippen LogP contribution in [0.15, 0.2) is 18.2 Å². The van der Waals surface area contributed by atoms with Crippen LogP contribution in [0.4, 0.5) is 0 Å². The van der Waals surface area contributed by atoms with Crippen LogP contribution < -0.4 is 5.32 Å². The number of nitrogens with zero attached hydrogens (tertiary/aromatic N) is 1. The molecule has 1 aromatic rings. The molecule has 4 nitrogen and oxygen atoms in total.